The van der Waals surface area contributed by atoms with Crippen molar-refractivity contribution in [1.29, 1.82) is 0 Å². The molecule has 1 rings (SSSR count). The highest BCUT2D eigenvalue weighted by Gasteiger charge is 2.19. The SMILES string of the molecule is CC1C[NH+]([O-])C1. The van der Waals surface area contributed by atoms with Gasteiger partial charge in [0, 0.05) is 0 Å². The number of hydrogen-bond donors (Lipinski definition) is 1. The molecular formula is C4H9NO. The van der Waals surface area contributed by atoms with Gasteiger partial charge in [-0.05, 0) is 0 Å². The van der Waals surface area contributed by atoms with E-state index >= 15 is 0 Å². The predicted octanol–water partition coefficient (Wildman–Crippen LogP) is -0.981. The van der Waals surface area contributed by atoms with Crippen molar-refractivity contribution in [3.05, 3.63) is 5.21 Å². The van der Waals surface area contributed by atoms with E-state index in [0.29, 0.717) is 11.0 Å². The van der Waals surface area contributed by atoms with Gasteiger partial charge in [0.15, 0.2) is 0 Å². The Balaban J connectivity index is 2.11. The van der Waals surface area contributed by atoms with Crippen LogP contribution in [0.4, 0.5) is 0 Å². The molecule has 0 radical (unpaired) electrons. The molecule has 1 aliphatic heterocycles. The molecule has 36 valence electrons. The first-order chi connectivity index (χ1) is 2.79. The molecule has 0 spiro atoms. The van der Waals surface area contributed by atoms with E-state index in [0.717, 1.165) is 13.1 Å². The zero-order chi connectivity index (χ0) is 4.57. The second-order valence-corrected chi connectivity index (χ2v) is 2.05. The molecule has 0 atom stereocenters. The molecule has 2 nitrogen and oxygen atoms in total. The van der Waals surface area contributed by atoms with Crippen LogP contribution in [0.1, 0.15) is 6.92 Å². The van der Waals surface area contributed by atoms with E-state index in [-0.39, 0.29) is 0 Å². The van der Waals surface area contributed by atoms with Crippen LogP contribution < -0.4 is 5.06 Å². The van der Waals surface area contributed by atoms with Gasteiger partial charge in [-0.15, -0.1) is 0 Å². The second-order valence-electron chi connectivity index (χ2n) is 2.05. The average molecular weight is 87.1 g/mol. The smallest absolute Gasteiger partial charge is 0.0848 e. The molecule has 0 aromatic rings. The standard InChI is InChI=1S/C4H9NO/c1-4-2-5(6)3-4/h4-5H,2-3H2,1H3. The molecule has 0 aromatic carbocycles. The maximum atomic E-state index is 10.1. The third-order valence-corrected chi connectivity index (χ3v) is 1.15. The summed E-state index contributed by atoms with van der Waals surface area (Å²) in [6.07, 6.45) is 0. The molecule has 1 heterocycles. The highest BCUT2D eigenvalue weighted by atomic mass is 16.5. The summed E-state index contributed by atoms with van der Waals surface area (Å²) in [6.45, 7) is 3.77. The number of nitrogens with one attached hydrogen (secondary N) is 1. The van der Waals surface area contributed by atoms with Gasteiger partial charge in [0.2, 0.25) is 0 Å². The van der Waals surface area contributed by atoms with Crippen LogP contribution in [0.2, 0.25) is 0 Å². The van der Waals surface area contributed by atoms with E-state index in [1.54, 1.807) is 0 Å². The van der Waals surface area contributed by atoms with E-state index in [1.807, 2.05) is 0 Å². The van der Waals surface area contributed by atoms with Crippen LogP contribution in [0.15, 0.2) is 0 Å². The first-order valence-corrected chi connectivity index (χ1v) is 2.31. The molecule has 0 unspecified atom stereocenters. The van der Waals surface area contributed by atoms with Gasteiger partial charge < -0.3 is 10.3 Å². The van der Waals surface area contributed by atoms with E-state index in [1.165, 1.54) is 0 Å². The van der Waals surface area contributed by atoms with Crippen molar-refractivity contribution < 1.29 is 5.06 Å². The highest BCUT2D eigenvalue weighted by molar-refractivity contribution is 4.54. The third kappa shape index (κ3) is 0.533. The van der Waals surface area contributed by atoms with Crippen LogP contribution >= 0.6 is 0 Å². The van der Waals surface area contributed by atoms with Gasteiger partial charge in [-0.25, -0.2) is 0 Å². The normalized spacial score (nSPS) is 45.0. The molecule has 0 amide bonds. The largest absolute Gasteiger partial charge is 0.634 e. The van der Waals surface area contributed by atoms with Crippen LogP contribution in [0, 0.1) is 11.1 Å². The van der Waals surface area contributed by atoms with Crippen molar-refractivity contribution in [2.75, 3.05) is 13.1 Å². The Bertz CT molecular complexity index is 43.5. The Labute approximate surface area is 37.3 Å². The Morgan fingerprint density at radius 1 is 1.67 bits per heavy atom. The number of hydrogen-bond acceptors (Lipinski definition) is 1. The Morgan fingerprint density at radius 3 is 2.17 bits per heavy atom. The molecule has 0 aliphatic carbocycles. The van der Waals surface area contributed by atoms with Crippen LogP contribution in [0.25, 0.3) is 0 Å². The van der Waals surface area contributed by atoms with Crippen molar-refractivity contribution in [1.82, 2.24) is 0 Å². The van der Waals surface area contributed by atoms with Crippen LogP contribution in [-0.2, 0) is 0 Å². The zero-order valence-corrected chi connectivity index (χ0v) is 3.90. The van der Waals surface area contributed by atoms with Gasteiger partial charge in [0.05, 0.1) is 19.0 Å². The highest BCUT2D eigenvalue weighted by Crippen LogP contribution is 1.90. The summed E-state index contributed by atoms with van der Waals surface area (Å²) in [6, 6.07) is 0. The van der Waals surface area contributed by atoms with Crippen LogP contribution in [-0.4, -0.2) is 13.1 Å². The third-order valence-electron chi connectivity index (χ3n) is 1.15. The second kappa shape index (κ2) is 1.21. The minimum atomic E-state index is 0.433. The van der Waals surface area contributed by atoms with Gasteiger partial charge in [-0.3, -0.25) is 0 Å². The molecular weight excluding hydrogens is 78.0 g/mol. The van der Waals surface area contributed by atoms with E-state index in [4.69, 9.17) is 0 Å². The molecule has 1 N–H and O–H groups in total. The first kappa shape index (κ1) is 4.09. The Hall–Kier alpha value is -0.0800. The Kier molecular flexibility index (Phi) is 0.821. The first-order valence-electron chi connectivity index (χ1n) is 2.31. The quantitative estimate of drug-likeness (QED) is 0.378. The molecule has 6 heavy (non-hydrogen) atoms. The van der Waals surface area contributed by atoms with E-state index < -0.39 is 0 Å². The maximum Gasteiger partial charge on any atom is 0.0848 e. The molecule has 0 saturated carbocycles. The van der Waals surface area contributed by atoms with Crippen LogP contribution in [0.3, 0.4) is 0 Å². The minimum absolute atomic E-state index is 0.433. The van der Waals surface area contributed by atoms with Crippen molar-refractivity contribution in [3.63, 3.8) is 0 Å². The van der Waals surface area contributed by atoms with Crippen molar-refractivity contribution in [2.24, 2.45) is 5.92 Å². The summed E-state index contributed by atoms with van der Waals surface area (Å²) in [4.78, 5) is 0. The summed E-state index contributed by atoms with van der Waals surface area (Å²) < 4.78 is 0. The molecule has 0 bridgehead atoms. The van der Waals surface area contributed by atoms with Crippen molar-refractivity contribution in [3.8, 4) is 0 Å². The lowest BCUT2D eigenvalue weighted by Gasteiger charge is -2.35. The predicted molar refractivity (Wildman–Crippen MR) is 23.2 cm³/mol. The summed E-state index contributed by atoms with van der Waals surface area (Å²) in [5.74, 6) is 0.692. The summed E-state index contributed by atoms with van der Waals surface area (Å²) in [7, 11) is 0. The lowest BCUT2D eigenvalue weighted by atomic mass is 10.1. The number of quaternary nitrogens is 1. The van der Waals surface area contributed by atoms with Crippen LogP contribution in [0.5, 0.6) is 0 Å². The van der Waals surface area contributed by atoms with Gasteiger partial charge >= 0.3 is 0 Å². The van der Waals surface area contributed by atoms with Gasteiger partial charge in [-0.1, -0.05) is 6.92 Å². The zero-order valence-electron chi connectivity index (χ0n) is 3.90. The fourth-order valence-corrected chi connectivity index (χ4v) is 0.718. The molecule has 0 aromatic heterocycles. The van der Waals surface area contributed by atoms with E-state index in [9.17, 15) is 5.21 Å². The molecule has 2 heteroatoms. The topological polar surface area (TPSA) is 27.5 Å². The Morgan fingerprint density at radius 2 is 2.17 bits per heavy atom. The van der Waals surface area contributed by atoms with Gasteiger partial charge in [-0.2, -0.15) is 0 Å². The maximum absolute atomic E-state index is 10.1. The molecule has 1 fully saturated rings. The fraction of sp³-hybridized carbons (Fsp3) is 1.00. The number of hydroxylamine groups is 2. The van der Waals surface area contributed by atoms with Gasteiger partial charge in [0.1, 0.15) is 0 Å². The summed E-state index contributed by atoms with van der Waals surface area (Å²) in [5.41, 5.74) is 0. The lowest BCUT2D eigenvalue weighted by Crippen LogP contribution is -3.15. The molecule has 1 saturated heterocycles. The average Bonchev–Trinajstić information content (AvgIpc) is 1.33. The molecule has 1 aliphatic rings. The monoisotopic (exact) mass is 87.1 g/mol. The minimum Gasteiger partial charge on any atom is -0.634 e. The van der Waals surface area contributed by atoms with Gasteiger partial charge in [0.25, 0.3) is 0 Å². The fourth-order valence-electron chi connectivity index (χ4n) is 0.718. The lowest BCUT2D eigenvalue weighted by molar-refractivity contribution is -0.901. The summed E-state index contributed by atoms with van der Waals surface area (Å²) in [5, 5.41) is 10.5. The van der Waals surface area contributed by atoms with Crippen molar-refractivity contribution >= 4 is 0 Å². The van der Waals surface area contributed by atoms with Crippen molar-refractivity contribution in [2.45, 2.75) is 6.92 Å². The number of rotatable bonds is 0. The summed E-state index contributed by atoms with van der Waals surface area (Å²) >= 11 is 0. The van der Waals surface area contributed by atoms with E-state index in [2.05, 4.69) is 6.92 Å².